The molecule has 1 aliphatic heterocycles. The van der Waals surface area contributed by atoms with E-state index in [1.807, 2.05) is 0 Å². The highest BCUT2D eigenvalue weighted by Crippen LogP contribution is 2.33. The van der Waals surface area contributed by atoms with Crippen molar-refractivity contribution in [3.63, 3.8) is 0 Å². The van der Waals surface area contributed by atoms with E-state index in [2.05, 4.69) is 0 Å². The number of ether oxygens (including phenoxy) is 3. The van der Waals surface area contributed by atoms with Crippen molar-refractivity contribution in [3.8, 4) is 5.75 Å². The van der Waals surface area contributed by atoms with Crippen LogP contribution >= 0.6 is 0 Å². The van der Waals surface area contributed by atoms with Gasteiger partial charge in [0.1, 0.15) is 17.3 Å². The number of nitrogens with zero attached hydrogens (tertiary/aromatic N) is 2. The molecule has 25 heavy (non-hydrogen) atoms. The zero-order valence-corrected chi connectivity index (χ0v) is 12.5. The molecule has 0 fully saturated rings. The Labute approximate surface area is 139 Å². The van der Waals surface area contributed by atoms with Crippen molar-refractivity contribution in [2.75, 3.05) is 6.79 Å². The average Bonchev–Trinajstić information content (AvgIpc) is 3.09. The van der Waals surface area contributed by atoms with Gasteiger partial charge in [-0.05, 0) is 6.07 Å². The Morgan fingerprint density at radius 3 is 2.68 bits per heavy atom. The molecule has 0 bridgehead atoms. The van der Waals surface area contributed by atoms with Crippen molar-refractivity contribution in [1.29, 1.82) is 0 Å². The van der Waals surface area contributed by atoms with Crippen LogP contribution in [0.1, 0.15) is 21.7 Å². The first kappa shape index (κ1) is 16.4. The molecule has 0 aliphatic carbocycles. The number of esters is 1. The van der Waals surface area contributed by atoms with Crippen LogP contribution in [-0.2, 0) is 22.7 Å². The van der Waals surface area contributed by atoms with Gasteiger partial charge in [0.15, 0.2) is 6.79 Å². The number of nitro groups is 2. The molecule has 3 rings (SSSR count). The number of hydrogen-bond acceptors (Lipinski definition) is 9. The SMILES string of the molecule is O=C(OCc1cc([N+](=O)[O-])cc2c1OCOC2)c1ccc([N+](=O)[O-])o1. The summed E-state index contributed by atoms with van der Waals surface area (Å²) in [5, 5.41) is 21.5. The molecular formula is C14H10N2O9. The zero-order chi connectivity index (χ0) is 18.0. The standard InChI is InChI=1S/C14H10N2O9/c17-14(11-1-2-12(25-11)16(20)21)23-6-9-4-10(15(18)19)3-8-5-22-7-24-13(8)9/h1-4H,5-7H2. The van der Waals surface area contributed by atoms with E-state index in [-0.39, 0.29) is 37.0 Å². The normalized spacial score (nSPS) is 12.8. The summed E-state index contributed by atoms with van der Waals surface area (Å²) in [6.45, 7) is -0.240. The largest absolute Gasteiger partial charge is 0.467 e. The molecule has 0 amide bonds. The lowest BCUT2D eigenvalue weighted by Gasteiger charge is -2.20. The molecule has 0 N–H and O–H groups in total. The molecule has 2 heterocycles. The number of furan rings is 1. The lowest BCUT2D eigenvalue weighted by atomic mass is 10.1. The smallest absolute Gasteiger partial charge is 0.433 e. The summed E-state index contributed by atoms with van der Waals surface area (Å²) in [5.41, 5.74) is 0.537. The van der Waals surface area contributed by atoms with Gasteiger partial charge in [0, 0.05) is 23.3 Å². The molecule has 1 aliphatic rings. The fraction of sp³-hybridized carbons (Fsp3) is 0.214. The van der Waals surface area contributed by atoms with Crippen molar-refractivity contribution in [2.24, 2.45) is 0 Å². The molecule has 11 nitrogen and oxygen atoms in total. The highest BCUT2D eigenvalue weighted by molar-refractivity contribution is 5.86. The van der Waals surface area contributed by atoms with Gasteiger partial charge < -0.3 is 18.6 Å². The second-order valence-corrected chi connectivity index (χ2v) is 4.93. The van der Waals surface area contributed by atoms with Crippen LogP contribution in [0.3, 0.4) is 0 Å². The van der Waals surface area contributed by atoms with Crippen molar-refractivity contribution in [3.05, 3.63) is 61.4 Å². The first-order chi connectivity index (χ1) is 12.0. The van der Waals surface area contributed by atoms with E-state index in [4.69, 9.17) is 18.6 Å². The number of rotatable bonds is 5. The molecule has 2 aromatic rings. The fourth-order valence-electron chi connectivity index (χ4n) is 2.24. The zero-order valence-electron chi connectivity index (χ0n) is 12.5. The van der Waals surface area contributed by atoms with E-state index in [0.29, 0.717) is 11.3 Å². The molecule has 0 radical (unpaired) electrons. The Morgan fingerprint density at radius 2 is 2.00 bits per heavy atom. The van der Waals surface area contributed by atoms with E-state index in [0.717, 1.165) is 12.1 Å². The van der Waals surface area contributed by atoms with Gasteiger partial charge >= 0.3 is 11.9 Å². The van der Waals surface area contributed by atoms with Crippen LogP contribution in [0, 0.1) is 20.2 Å². The Morgan fingerprint density at radius 1 is 1.20 bits per heavy atom. The molecule has 0 saturated carbocycles. The summed E-state index contributed by atoms with van der Waals surface area (Å²) in [6, 6.07) is 4.66. The average molecular weight is 350 g/mol. The van der Waals surface area contributed by atoms with Gasteiger partial charge in [-0.25, -0.2) is 4.79 Å². The summed E-state index contributed by atoms with van der Waals surface area (Å²) < 4.78 is 20.1. The van der Waals surface area contributed by atoms with Crippen molar-refractivity contribution >= 4 is 17.5 Å². The number of fused-ring (bicyclic) bond motifs is 1. The minimum Gasteiger partial charge on any atom is -0.467 e. The number of nitro benzene ring substituents is 1. The van der Waals surface area contributed by atoms with Gasteiger partial charge in [0.2, 0.25) is 5.76 Å². The van der Waals surface area contributed by atoms with Crippen molar-refractivity contribution in [1.82, 2.24) is 0 Å². The van der Waals surface area contributed by atoms with E-state index < -0.39 is 21.7 Å². The van der Waals surface area contributed by atoms with Gasteiger partial charge in [0.25, 0.3) is 5.69 Å². The molecule has 130 valence electrons. The molecule has 11 heteroatoms. The predicted molar refractivity (Wildman–Crippen MR) is 77.9 cm³/mol. The van der Waals surface area contributed by atoms with Crippen molar-refractivity contribution in [2.45, 2.75) is 13.2 Å². The minimum absolute atomic E-state index is 0.0316. The first-order valence-corrected chi connectivity index (χ1v) is 6.88. The summed E-state index contributed by atoms with van der Waals surface area (Å²) in [4.78, 5) is 32.1. The third kappa shape index (κ3) is 3.40. The first-order valence-electron chi connectivity index (χ1n) is 6.88. The molecule has 1 aromatic heterocycles. The molecule has 1 aromatic carbocycles. The Bertz CT molecular complexity index is 858. The van der Waals surface area contributed by atoms with E-state index >= 15 is 0 Å². The highest BCUT2D eigenvalue weighted by atomic mass is 16.7. The maximum absolute atomic E-state index is 11.9. The van der Waals surface area contributed by atoms with Crippen LogP contribution in [0.25, 0.3) is 0 Å². The minimum atomic E-state index is -0.944. The maximum Gasteiger partial charge on any atom is 0.433 e. The number of benzene rings is 1. The fourth-order valence-corrected chi connectivity index (χ4v) is 2.24. The molecule has 0 spiro atoms. The van der Waals surface area contributed by atoms with E-state index in [9.17, 15) is 25.0 Å². The summed E-state index contributed by atoms with van der Waals surface area (Å²) in [6.07, 6.45) is 0. The Hall–Kier alpha value is -3.47. The van der Waals surface area contributed by atoms with Crippen LogP contribution in [0.15, 0.2) is 28.7 Å². The van der Waals surface area contributed by atoms with Crippen LogP contribution in [-0.4, -0.2) is 22.6 Å². The molecular weight excluding hydrogens is 340 g/mol. The maximum atomic E-state index is 11.9. The van der Waals surface area contributed by atoms with Gasteiger partial charge in [-0.3, -0.25) is 20.2 Å². The predicted octanol–water partition coefficient (Wildman–Crippen LogP) is 2.32. The van der Waals surface area contributed by atoms with Gasteiger partial charge in [0.05, 0.1) is 17.6 Å². The Kier molecular flexibility index (Phi) is 4.31. The van der Waals surface area contributed by atoms with Crippen LogP contribution < -0.4 is 4.74 Å². The van der Waals surface area contributed by atoms with E-state index in [1.165, 1.54) is 12.1 Å². The molecule has 0 saturated heterocycles. The number of non-ortho nitro benzene ring substituents is 1. The molecule has 0 unspecified atom stereocenters. The third-order valence-electron chi connectivity index (χ3n) is 3.31. The van der Waals surface area contributed by atoms with E-state index in [1.54, 1.807) is 0 Å². The van der Waals surface area contributed by atoms with Crippen LogP contribution in [0.2, 0.25) is 0 Å². The number of carbonyl (C=O) groups excluding carboxylic acids is 1. The van der Waals surface area contributed by atoms with Gasteiger partial charge in [-0.1, -0.05) is 0 Å². The van der Waals surface area contributed by atoms with Crippen molar-refractivity contribution < 1.29 is 33.3 Å². The van der Waals surface area contributed by atoms with Gasteiger partial charge in [-0.15, -0.1) is 0 Å². The quantitative estimate of drug-likeness (QED) is 0.450. The summed E-state index contributed by atoms with van der Waals surface area (Å²) in [5.74, 6) is -1.55. The second-order valence-electron chi connectivity index (χ2n) is 4.93. The lowest BCUT2D eigenvalue weighted by Crippen LogP contribution is -2.15. The Balaban J connectivity index is 1.79. The van der Waals surface area contributed by atoms with Gasteiger partial charge in [-0.2, -0.15) is 0 Å². The molecule has 0 atom stereocenters. The topological polar surface area (TPSA) is 144 Å². The van der Waals surface area contributed by atoms with Crippen LogP contribution in [0.4, 0.5) is 11.6 Å². The summed E-state index contributed by atoms with van der Waals surface area (Å²) in [7, 11) is 0. The number of hydrogen-bond donors (Lipinski definition) is 0. The second kappa shape index (κ2) is 6.57. The monoisotopic (exact) mass is 350 g/mol. The summed E-state index contributed by atoms with van der Waals surface area (Å²) >= 11 is 0. The van der Waals surface area contributed by atoms with Crippen LogP contribution in [0.5, 0.6) is 5.75 Å². The lowest BCUT2D eigenvalue weighted by molar-refractivity contribution is -0.402. The highest BCUT2D eigenvalue weighted by Gasteiger charge is 2.23. The number of carbonyl (C=O) groups is 1. The third-order valence-corrected chi connectivity index (χ3v) is 3.31.